The Morgan fingerprint density at radius 1 is 1.10 bits per heavy atom. The molecule has 1 rings (SSSR count). The third-order valence-corrected chi connectivity index (χ3v) is 3.48. The summed E-state index contributed by atoms with van der Waals surface area (Å²) in [5.74, 6) is 0.315. The molecule has 0 unspecified atom stereocenters. The molecule has 0 saturated heterocycles. The fourth-order valence-corrected chi connectivity index (χ4v) is 2.22. The lowest BCUT2D eigenvalue weighted by Crippen LogP contribution is -2.07. The standard InChI is InChI=1S/C17H28FNO/c1-3-4-5-6-7-8-9-12-20-15-10-11-16(14(2)19)17(18)13-15/h10-11,13-14H,3-9,12,19H2,1-2H3/t14-/m0/s1. The number of hydrogen-bond donors (Lipinski definition) is 1. The van der Waals surface area contributed by atoms with E-state index in [9.17, 15) is 4.39 Å². The van der Waals surface area contributed by atoms with Gasteiger partial charge >= 0.3 is 0 Å². The van der Waals surface area contributed by atoms with Crippen molar-refractivity contribution in [2.24, 2.45) is 5.73 Å². The summed E-state index contributed by atoms with van der Waals surface area (Å²) in [6.07, 6.45) is 8.74. The molecular formula is C17H28FNO. The fraction of sp³-hybridized carbons (Fsp3) is 0.647. The number of halogens is 1. The summed E-state index contributed by atoms with van der Waals surface area (Å²) in [5, 5.41) is 0. The third kappa shape index (κ3) is 6.38. The number of unbranched alkanes of at least 4 members (excludes halogenated alkanes) is 6. The van der Waals surface area contributed by atoms with Crippen LogP contribution in [0.2, 0.25) is 0 Å². The van der Waals surface area contributed by atoms with Gasteiger partial charge < -0.3 is 10.5 Å². The van der Waals surface area contributed by atoms with E-state index in [4.69, 9.17) is 10.5 Å². The van der Waals surface area contributed by atoms with Gasteiger partial charge in [-0.25, -0.2) is 4.39 Å². The van der Waals surface area contributed by atoms with Gasteiger partial charge in [0.05, 0.1) is 6.61 Å². The summed E-state index contributed by atoms with van der Waals surface area (Å²) < 4.78 is 19.3. The molecule has 2 nitrogen and oxygen atoms in total. The first-order chi connectivity index (χ1) is 9.65. The molecule has 0 aromatic heterocycles. The number of nitrogens with two attached hydrogens (primary N) is 1. The first-order valence-electron chi connectivity index (χ1n) is 7.83. The molecular weight excluding hydrogens is 253 g/mol. The number of benzene rings is 1. The van der Waals surface area contributed by atoms with E-state index in [0.29, 0.717) is 17.9 Å². The van der Waals surface area contributed by atoms with Gasteiger partial charge in [-0.05, 0) is 19.4 Å². The molecule has 0 aliphatic heterocycles. The fourth-order valence-electron chi connectivity index (χ4n) is 2.22. The molecule has 0 bridgehead atoms. The second-order valence-corrected chi connectivity index (χ2v) is 5.44. The van der Waals surface area contributed by atoms with E-state index in [1.807, 2.05) is 0 Å². The van der Waals surface area contributed by atoms with Crippen molar-refractivity contribution in [2.75, 3.05) is 6.61 Å². The second-order valence-electron chi connectivity index (χ2n) is 5.44. The lowest BCUT2D eigenvalue weighted by Gasteiger charge is -2.10. The van der Waals surface area contributed by atoms with E-state index in [0.717, 1.165) is 6.42 Å². The molecule has 114 valence electrons. The molecule has 0 saturated carbocycles. The van der Waals surface area contributed by atoms with E-state index in [1.54, 1.807) is 19.1 Å². The van der Waals surface area contributed by atoms with E-state index >= 15 is 0 Å². The van der Waals surface area contributed by atoms with Gasteiger partial charge in [-0.15, -0.1) is 0 Å². The highest BCUT2D eigenvalue weighted by Crippen LogP contribution is 2.20. The summed E-state index contributed by atoms with van der Waals surface area (Å²) in [7, 11) is 0. The Balaban J connectivity index is 2.18. The van der Waals surface area contributed by atoms with Crippen molar-refractivity contribution in [3.8, 4) is 5.75 Å². The Morgan fingerprint density at radius 2 is 1.75 bits per heavy atom. The maximum absolute atomic E-state index is 13.7. The zero-order valence-corrected chi connectivity index (χ0v) is 12.8. The number of ether oxygens (including phenoxy) is 1. The van der Waals surface area contributed by atoms with Crippen LogP contribution < -0.4 is 10.5 Å². The average Bonchev–Trinajstić information content (AvgIpc) is 2.41. The molecule has 3 heteroatoms. The molecule has 20 heavy (non-hydrogen) atoms. The Labute approximate surface area is 122 Å². The van der Waals surface area contributed by atoms with Crippen LogP contribution in [0.3, 0.4) is 0 Å². The summed E-state index contributed by atoms with van der Waals surface area (Å²) in [4.78, 5) is 0. The molecule has 0 radical (unpaired) electrons. The SMILES string of the molecule is CCCCCCCCCOc1ccc([C@H](C)N)c(F)c1. The van der Waals surface area contributed by atoms with E-state index in [1.165, 1.54) is 44.6 Å². The molecule has 0 aliphatic carbocycles. The van der Waals surface area contributed by atoms with Gasteiger partial charge in [0.15, 0.2) is 0 Å². The topological polar surface area (TPSA) is 35.2 Å². The molecule has 2 N–H and O–H groups in total. The van der Waals surface area contributed by atoms with Crippen LogP contribution in [0.25, 0.3) is 0 Å². The molecule has 0 spiro atoms. The molecule has 0 heterocycles. The van der Waals surface area contributed by atoms with Crippen LogP contribution in [0.1, 0.15) is 70.4 Å². The maximum Gasteiger partial charge on any atom is 0.131 e. The van der Waals surface area contributed by atoms with Crippen LogP contribution in [-0.4, -0.2) is 6.61 Å². The lowest BCUT2D eigenvalue weighted by atomic mass is 10.1. The van der Waals surface area contributed by atoms with E-state index < -0.39 is 0 Å². The van der Waals surface area contributed by atoms with Crippen LogP contribution in [-0.2, 0) is 0 Å². The van der Waals surface area contributed by atoms with E-state index in [-0.39, 0.29) is 11.9 Å². The van der Waals surface area contributed by atoms with Gasteiger partial charge in [-0.1, -0.05) is 51.5 Å². The van der Waals surface area contributed by atoms with Crippen LogP contribution in [0.4, 0.5) is 4.39 Å². The van der Waals surface area contributed by atoms with Crippen molar-refractivity contribution < 1.29 is 9.13 Å². The Bertz CT molecular complexity index is 379. The average molecular weight is 281 g/mol. The van der Waals surface area contributed by atoms with Gasteiger partial charge in [-0.3, -0.25) is 0 Å². The number of hydrogen-bond acceptors (Lipinski definition) is 2. The molecule has 0 amide bonds. The predicted octanol–water partition coefficient (Wildman–Crippen LogP) is 4.97. The predicted molar refractivity (Wildman–Crippen MR) is 82.5 cm³/mol. The van der Waals surface area contributed by atoms with Crippen molar-refractivity contribution in [3.05, 3.63) is 29.6 Å². The first-order valence-corrected chi connectivity index (χ1v) is 7.83. The minimum atomic E-state index is -0.285. The highest BCUT2D eigenvalue weighted by atomic mass is 19.1. The summed E-state index contributed by atoms with van der Waals surface area (Å²) >= 11 is 0. The molecule has 1 aromatic rings. The lowest BCUT2D eigenvalue weighted by molar-refractivity contribution is 0.302. The minimum absolute atomic E-state index is 0.280. The van der Waals surface area contributed by atoms with Gasteiger partial charge in [0.1, 0.15) is 11.6 Å². The number of rotatable bonds is 10. The second kappa shape index (κ2) is 9.76. The Hall–Kier alpha value is -1.09. The van der Waals surface area contributed by atoms with Crippen LogP contribution in [0, 0.1) is 5.82 Å². The van der Waals surface area contributed by atoms with E-state index in [2.05, 4.69) is 6.92 Å². The van der Waals surface area contributed by atoms with Crippen molar-refractivity contribution >= 4 is 0 Å². The van der Waals surface area contributed by atoms with Gasteiger partial charge in [0.25, 0.3) is 0 Å². The van der Waals surface area contributed by atoms with Crippen molar-refractivity contribution in [1.29, 1.82) is 0 Å². The third-order valence-electron chi connectivity index (χ3n) is 3.48. The first kappa shape index (κ1) is 17.0. The van der Waals surface area contributed by atoms with Crippen LogP contribution in [0.5, 0.6) is 5.75 Å². The molecule has 1 aromatic carbocycles. The van der Waals surface area contributed by atoms with Crippen LogP contribution in [0.15, 0.2) is 18.2 Å². The van der Waals surface area contributed by atoms with Gasteiger partial charge in [-0.2, -0.15) is 0 Å². The minimum Gasteiger partial charge on any atom is -0.493 e. The Kier molecular flexibility index (Phi) is 8.28. The molecule has 1 atom stereocenters. The zero-order valence-electron chi connectivity index (χ0n) is 12.8. The normalized spacial score (nSPS) is 12.4. The van der Waals surface area contributed by atoms with Crippen LogP contribution >= 0.6 is 0 Å². The molecule has 0 fully saturated rings. The molecule has 0 aliphatic rings. The van der Waals surface area contributed by atoms with Crippen molar-refractivity contribution in [1.82, 2.24) is 0 Å². The summed E-state index contributed by atoms with van der Waals surface area (Å²) in [5.41, 5.74) is 6.21. The van der Waals surface area contributed by atoms with Gasteiger partial charge in [0.2, 0.25) is 0 Å². The van der Waals surface area contributed by atoms with Crippen molar-refractivity contribution in [3.63, 3.8) is 0 Å². The quantitative estimate of drug-likeness (QED) is 0.614. The zero-order chi connectivity index (χ0) is 14.8. The summed E-state index contributed by atoms with van der Waals surface area (Å²) in [6, 6.07) is 4.65. The highest BCUT2D eigenvalue weighted by molar-refractivity contribution is 5.30. The Morgan fingerprint density at radius 3 is 2.35 bits per heavy atom. The highest BCUT2D eigenvalue weighted by Gasteiger charge is 2.07. The van der Waals surface area contributed by atoms with Gasteiger partial charge in [0, 0.05) is 17.7 Å². The largest absolute Gasteiger partial charge is 0.493 e. The van der Waals surface area contributed by atoms with Crippen molar-refractivity contribution in [2.45, 2.75) is 64.8 Å². The summed E-state index contributed by atoms with van der Waals surface area (Å²) in [6.45, 7) is 4.66. The smallest absolute Gasteiger partial charge is 0.131 e. The maximum atomic E-state index is 13.7. The monoisotopic (exact) mass is 281 g/mol.